The lowest BCUT2D eigenvalue weighted by molar-refractivity contribution is 0.0496. The fraction of sp³-hybridized carbons (Fsp3) is 0.292. The van der Waals surface area contributed by atoms with Crippen LogP contribution in [-0.4, -0.2) is 55.0 Å². The molecule has 3 heterocycles. The minimum atomic E-state index is -0.308. The largest absolute Gasteiger partial charge is 0.376 e. The van der Waals surface area contributed by atoms with Gasteiger partial charge in [0.15, 0.2) is 5.69 Å². The number of aromatic nitrogens is 5. The molecule has 34 heavy (non-hydrogen) atoms. The molecule has 0 aliphatic carbocycles. The topological polar surface area (TPSA) is 106 Å². The van der Waals surface area contributed by atoms with Gasteiger partial charge in [-0.05, 0) is 50.1 Å². The van der Waals surface area contributed by atoms with Crippen LogP contribution in [0, 0.1) is 6.92 Å². The predicted octanol–water partition coefficient (Wildman–Crippen LogP) is 3.29. The maximum Gasteiger partial charge on any atom is 0.276 e. The summed E-state index contributed by atoms with van der Waals surface area (Å²) in [6.45, 7) is 2.88. The van der Waals surface area contributed by atoms with Crippen molar-refractivity contribution >= 4 is 28.4 Å². The van der Waals surface area contributed by atoms with Gasteiger partial charge in [0.25, 0.3) is 11.5 Å². The van der Waals surface area contributed by atoms with Gasteiger partial charge >= 0.3 is 0 Å². The molecule has 9 nitrogen and oxygen atoms in total. The van der Waals surface area contributed by atoms with Crippen molar-refractivity contribution in [3.8, 4) is 5.69 Å². The second-order valence-corrected chi connectivity index (χ2v) is 8.69. The van der Waals surface area contributed by atoms with E-state index in [1.807, 2.05) is 12.1 Å². The van der Waals surface area contributed by atoms with E-state index in [1.165, 1.54) is 4.80 Å². The molecular formula is C24H23ClN6O3. The number of carbonyl (C=O) groups is 1. The van der Waals surface area contributed by atoms with Gasteiger partial charge in [-0.3, -0.25) is 9.59 Å². The van der Waals surface area contributed by atoms with E-state index in [9.17, 15) is 9.59 Å². The Morgan fingerprint density at radius 3 is 2.88 bits per heavy atom. The molecule has 1 saturated heterocycles. The van der Waals surface area contributed by atoms with Gasteiger partial charge in [-0.25, -0.2) is 4.98 Å². The molecule has 4 aromatic rings. The van der Waals surface area contributed by atoms with E-state index in [4.69, 9.17) is 16.3 Å². The van der Waals surface area contributed by atoms with Crippen LogP contribution in [0.5, 0.6) is 0 Å². The first-order valence-corrected chi connectivity index (χ1v) is 11.4. The Morgan fingerprint density at radius 1 is 1.24 bits per heavy atom. The number of rotatable bonds is 6. The molecule has 1 amide bonds. The van der Waals surface area contributed by atoms with Crippen LogP contribution in [0.15, 0.2) is 53.3 Å². The lowest BCUT2D eigenvalue weighted by atomic mass is 10.2. The maximum absolute atomic E-state index is 13.6. The summed E-state index contributed by atoms with van der Waals surface area (Å²) in [7, 11) is 0. The second kappa shape index (κ2) is 9.36. The standard InChI is InChI=1S/C24H23ClN6O3/c1-15-22(29-31(28-15)17-7-4-6-16(25)12-17)24(33)30(13-18-8-5-11-34-18)14-21-26-20-10-3-2-9-19(20)23(32)27-21/h2-4,6-7,9-10,12,18H,5,8,11,13-14H2,1H3,(H,26,27,32)/t18-/m1/s1. The number of ether oxygens (including phenoxy) is 1. The molecule has 2 aromatic heterocycles. The Kier molecular flexibility index (Phi) is 6.12. The number of nitrogens with zero attached hydrogens (tertiary/aromatic N) is 5. The van der Waals surface area contributed by atoms with Crippen molar-refractivity contribution in [3.05, 3.63) is 81.1 Å². The molecule has 1 aliphatic rings. The Balaban J connectivity index is 1.47. The third kappa shape index (κ3) is 4.57. The Morgan fingerprint density at radius 2 is 2.09 bits per heavy atom. The van der Waals surface area contributed by atoms with Crippen LogP contribution in [0.3, 0.4) is 0 Å². The van der Waals surface area contributed by atoms with Gasteiger partial charge in [0.1, 0.15) is 5.82 Å². The number of carbonyl (C=O) groups excluding carboxylic acids is 1. The maximum atomic E-state index is 13.6. The van der Waals surface area contributed by atoms with Crippen LogP contribution >= 0.6 is 11.6 Å². The Labute approximate surface area is 200 Å². The molecule has 0 bridgehead atoms. The average Bonchev–Trinajstić information content (AvgIpc) is 3.48. The van der Waals surface area contributed by atoms with E-state index >= 15 is 0 Å². The van der Waals surface area contributed by atoms with E-state index in [0.29, 0.717) is 46.3 Å². The summed E-state index contributed by atoms with van der Waals surface area (Å²) >= 11 is 6.10. The number of nitrogens with one attached hydrogen (secondary N) is 1. The molecule has 1 aliphatic heterocycles. The molecule has 1 N–H and O–H groups in total. The summed E-state index contributed by atoms with van der Waals surface area (Å²) in [5.74, 6) is 0.0898. The monoisotopic (exact) mass is 478 g/mol. The zero-order valence-corrected chi connectivity index (χ0v) is 19.3. The molecule has 0 radical (unpaired) electrons. The van der Waals surface area contributed by atoms with E-state index in [0.717, 1.165) is 12.8 Å². The molecule has 10 heteroatoms. The molecule has 0 spiro atoms. The van der Waals surface area contributed by atoms with Crippen LogP contribution in [0.1, 0.15) is 34.8 Å². The third-order valence-corrected chi connectivity index (χ3v) is 6.00. The number of hydrogen-bond donors (Lipinski definition) is 1. The van der Waals surface area contributed by atoms with E-state index in [1.54, 1.807) is 48.2 Å². The normalized spacial score (nSPS) is 15.6. The smallest absolute Gasteiger partial charge is 0.276 e. The van der Waals surface area contributed by atoms with Crippen molar-refractivity contribution in [2.75, 3.05) is 13.2 Å². The van der Waals surface area contributed by atoms with Gasteiger partial charge in [0, 0.05) is 18.2 Å². The quantitative estimate of drug-likeness (QED) is 0.456. The second-order valence-electron chi connectivity index (χ2n) is 8.25. The molecule has 174 valence electrons. The molecule has 0 saturated carbocycles. The van der Waals surface area contributed by atoms with Crippen LogP contribution < -0.4 is 5.56 Å². The van der Waals surface area contributed by atoms with Crippen LogP contribution in [0.4, 0.5) is 0 Å². The number of benzene rings is 2. The van der Waals surface area contributed by atoms with Crippen molar-refractivity contribution in [2.45, 2.75) is 32.4 Å². The van der Waals surface area contributed by atoms with Gasteiger partial charge in [0.2, 0.25) is 0 Å². The highest BCUT2D eigenvalue weighted by molar-refractivity contribution is 6.30. The van der Waals surface area contributed by atoms with Crippen molar-refractivity contribution in [2.24, 2.45) is 0 Å². The molecule has 0 unspecified atom stereocenters. The van der Waals surface area contributed by atoms with Crippen molar-refractivity contribution < 1.29 is 9.53 Å². The first kappa shape index (κ1) is 22.2. The minimum Gasteiger partial charge on any atom is -0.376 e. The first-order chi connectivity index (χ1) is 16.5. The number of H-pyrrole nitrogens is 1. The molecule has 2 aromatic carbocycles. The summed E-state index contributed by atoms with van der Waals surface area (Å²) in [5.41, 5.74) is 1.70. The number of aromatic amines is 1. The highest BCUT2D eigenvalue weighted by Gasteiger charge is 2.28. The minimum absolute atomic E-state index is 0.0839. The molecule has 1 atom stereocenters. The summed E-state index contributed by atoms with van der Waals surface area (Å²) in [5, 5.41) is 9.91. The predicted molar refractivity (Wildman–Crippen MR) is 127 cm³/mol. The number of para-hydroxylation sites is 1. The Bertz CT molecular complexity index is 1410. The van der Waals surface area contributed by atoms with Gasteiger partial charge in [-0.2, -0.15) is 9.90 Å². The third-order valence-electron chi connectivity index (χ3n) is 5.76. The average molecular weight is 479 g/mol. The van der Waals surface area contributed by atoms with E-state index < -0.39 is 0 Å². The van der Waals surface area contributed by atoms with Gasteiger partial charge in [-0.15, -0.1) is 5.10 Å². The Hall–Kier alpha value is -3.56. The summed E-state index contributed by atoms with van der Waals surface area (Å²) < 4.78 is 5.78. The number of halogens is 1. The summed E-state index contributed by atoms with van der Waals surface area (Å²) in [6.07, 6.45) is 1.72. The van der Waals surface area contributed by atoms with Crippen LogP contribution in [0.2, 0.25) is 5.02 Å². The number of hydrogen-bond acceptors (Lipinski definition) is 6. The fourth-order valence-corrected chi connectivity index (χ4v) is 4.27. The van der Waals surface area contributed by atoms with E-state index in [-0.39, 0.29) is 29.8 Å². The molecule has 5 rings (SSSR count). The lowest BCUT2D eigenvalue weighted by Gasteiger charge is -2.24. The van der Waals surface area contributed by atoms with Gasteiger partial charge in [-0.1, -0.05) is 29.8 Å². The SMILES string of the molecule is Cc1nn(-c2cccc(Cl)c2)nc1C(=O)N(Cc1nc2ccccc2c(=O)[nH]1)C[C@H]1CCCO1. The highest BCUT2D eigenvalue weighted by atomic mass is 35.5. The van der Waals surface area contributed by atoms with Gasteiger partial charge < -0.3 is 14.6 Å². The van der Waals surface area contributed by atoms with Crippen LogP contribution in [-0.2, 0) is 11.3 Å². The number of fused-ring (bicyclic) bond motifs is 1. The first-order valence-electron chi connectivity index (χ1n) is 11.1. The molecular weight excluding hydrogens is 456 g/mol. The van der Waals surface area contributed by atoms with Crippen molar-refractivity contribution in [1.29, 1.82) is 0 Å². The number of amides is 1. The fourth-order valence-electron chi connectivity index (χ4n) is 4.09. The summed E-state index contributed by atoms with van der Waals surface area (Å²) in [6, 6.07) is 14.2. The number of aryl methyl sites for hydroxylation is 1. The molecule has 1 fully saturated rings. The zero-order valence-electron chi connectivity index (χ0n) is 18.6. The lowest BCUT2D eigenvalue weighted by Crippen LogP contribution is -2.38. The zero-order chi connectivity index (χ0) is 23.7. The van der Waals surface area contributed by atoms with Crippen LogP contribution in [0.25, 0.3) is 16.6 Å². The van der Waals surface area contributed by atoms with Crippen molar-refractivity contribution in [1.82, 2.24) is 29.9 Å². The van der Waals surface area contributed by atoms with Gasteiger partial charge in [0.05, 0.1) is 34.9 Å². The highest BCUT2D eigenvalue weighted by Crippen LogP contribution is 2.19. The summed E-state index contributed by atoms with van der Waals surface area (Å²) in [4.78, 5) is 36.6. The van der Waals surface area contributed by atoms with E-state index in [2.05, 4.69) is 20.2 Å². The van der Waals surface area contributed by atoms with Crippen molar-refractivity contribution in [3.63, 3.8) is 0 Å².